The Morgan fingerprint density at radius 3 is 1.67 bits per heavy atom. The molecule has 1 heterocycles. The number of fused-ring (bicyclic) bond motifs is 5. The fourth-order valence-electron chi connectivity index (χ4n) is 6.95. The van der Waals surface area contributed by atoms with E-state index in [1.807, 2.05) is 0 Å². The van der Waals surface area contributed by atoms with Gasteiger partial charge >= 0.3 is 0 Å². The van der Waals surface area contributed by atoms with E-state index in [0.717, 1.165) is 17.1 Å². The van der Waals surface area contributed by atoms with Crippen LogP contribution in [-0.2, 0) is 0 Å². The molecule has 0 aliphatic heterocycles. The number of nitrogens with zero attached hydrogens (tertiary/aromatic N) is 2. The van der Waals surface area contributed by atoms with Crippen LogP contribution in [0.3, 0.4) is 0 Å². The molecule has 46 heavy (non-hydrogen) atoms. The molecule has 0 atom stereocenters. The van der Waals surface area contributed by atoms with E-state index in [1.54, 1.807) is 0 Å². The van der Waals surface area contributed by atoms with Crippen LogP contribution < -0.4 is 4.90 Å². The van der Waals surface area contributed by atoms with Gasteiger partial charge in [0.2, 0.25) is 0 Å². The molecular weight excluding hydrogens is 556 g/mol. The third-order valence-corrected chi connectivity index (χ3v) is 9.15. The predicted molar refractivity (Wildman–Crippen MR) is 196 cm³/mol. The predicted octanol–water partition coefficient (Wildman–Crippen LogP) is 12.2. The summed E-state index contributed by atoms with van der Waals surface area (Å²) in [4.78, 5) is 2.35. The van der Waals surface area contributed by atoms with Crippen molar-refractivity contribution in [2.24, 2.45) is 0 Å². The maximum atomic E-state index is 2.39. The highest BCUT2D eigenvalue weighted by atomic mass is 15.1. The molecule has 0 unspecified atom stereocenters. The van der Waals surface area contributed by atoms with E-state index in [2.05, 4.69) is 191 Å². The summed E-state index contributed by atoms with van der Waals surface area (Å²) in [5.41, 5.74) is 9.42. The van der Waals surface area contributed by atoms with Gasteiger partial charge in [-0.05, 0) is 87.9 Å². The zero-order chi connectivity index (χ0) is 30.5. The van der Waals surface area contributed by atoms with E-state index in [9.17, 15) is 0 Å². The first-order chi connectivity index (χ1) is 22.8. The molecule has 9 rings (SSSR count). The van der Waals surface area contributed by atoms with Crippen LogP contribution in [0.25, 0.3) is 60.2 Å². The zero-order valence-corrected chi connectivity index (χ0v) is 25.2. The highest BCUT2D eigenvalue weighted by molar-refractivity contribution is 6.13. The third-order valence-electron chi connectivity index (χ3n) is 9.15. The SMILES string of the molecule is c1ccc(N(c2ccc(-c3ccc(-n4c5ccccc5c5cc6ccccc6cc54)cc3)cc2)c2cccc3ccccc23)cc1. The fraction of sp³-hybridized carbons (Fsp3) is 0. The van der Waals surface area contributed by atoms with E-state index in [4.69, 9.17) is 0 Å². The molecule has 0 radical (unpaired) electrons. The molecule has 8 aromatic carbocycles. The molecule has 2 heteroatoms. The highest BCUT2D eigenvalue weighted by Crippen LogP contribution is 2.40. The average Bonchev–Trinajstić information content (AvgIpc) is 3.45. The summed E-state index contributed by atoms with van der Waals surface area (Å²) in [7, 11) is 0. The Morgan fingerprint density at radius 2 is 0.913 bits per heavy atom. The minimum atomic E-state index is 1.13. The molecule has 0 spiro atoms. The first-order valence-corrected chi connectivity index (χ1v) is 15.8. The summed E-state index contributed by atoms with van der Waals surface area (Å²) in [5.74, 6) is 0. The Bertz CT molecular complexity index is 2500. The van der Waals surface area contributed by atoms with Gasteiger partial charge in [0.15, 0.2) is 0 Å². The number of benzene rings is 8. The van der Waals surface area contributed by atoms with Crippen LogP contribution in [0, 0.1) is 0 Å². The number of hydrogen-bond donors (Lipinski definition) is 0. The van der Waals surface area contributed by atoms with E-state index >= 15 is 0 Å². The lowest BCUT2D eigenvalue weighted by Gasteiger charge is -2.27. The van der Waals surface area contributed by atoms with Crippen LogP contribution in [-0.4, -0.2) is 4.57 Å². The number of aromatic nitrogens is 1. The first-order valence-electron chi connectivity index (χ1n) is 15.8. The summed E-state index contributed by atoms with van der Waals surface area (Å²) in [6, 6.07) is 65.6. The minimum Gasteiger partial charge on any atom is -0.310 e. The van der Waals surface area contributed by atoms with Gasteiger partial charge < -0.3 is 9.47 Å². The fourth-order valence-corrected chi connectivity index (χ4v) is 6.95. The number of anilines is 3. The van der Waals surface area contributed by atoms with Crippen LogP contribution in [0.4, 0.5) is 17.1 Å². The van der Waals surface area contributed by atoms with Gasteiger partial charge in [-0.3, -0.25) is 0 Å². The van der Waals surface area contributed by atoms with Gasteiger partial charge in [-0.1, -0.05) is 121 Å². The first kappa shape index (κ1) is 26.3. The van der Waals surface area contributed by atoms with E-state index in [1.165, 1.54) is 60.2 Å². The van der Waals surface area contributed by atoms with Crippen molar-refractivity contribution in [1.82, 2.24) is 4.57 Å². The highest BCUT2D eigenvalue weighted by Gasteiger charge is 2.16. The Balaban J connectivity index is 1.11. The van der Waals surface area contributed by atoms with Crippen LogP contribution in [0.1, 0.15) is 0 Å². The van der Waals surface area contributed by atoms with Crippen molar-refractivity contribution in [1.29, 1.82) is 0 Å². The van der Waals surface area contributed by atoms with Gasteiger partial charge in [0.05, 0.1) is 16.7 Å². The van der Waals surface area contributed by atoms with Crippen molar-refractivity contribution in [2.75, 3.05) is 4.90 Å². The zero-order valence-electron chi connectivity index (χ0n) is 25.2. The van der Waals surface area contributed by atoms with Crippen LogP contribution >= 0.6 is 0 Å². The summed E-state index contributed by atoms with van der Waals surface area (Å²) in [6.07, 6.45) is 0. The lowest BCUT2D eigenvalue weighted by molar-refractivity contribution is 1.18. The van der Waals surface area contributed by atoms with Gasteiger partial charge in [-0.25, -0.2) is 0 Å². The molecule has 2 nitrogen and oxygen atoms in total. The van der Waals surface area contributed by atoms with Crippen LogP contribution in [0.2, 0.25) is 0 Å². The lowest BCUT2D eigenvalue weighted by Crippen LogP contribution is -2.10. The molecule has 0 N–H and O–H groups in total. The molecule has 0 bridgehead atoms. The van der Waals surface area contributed by atoms with Crippen molar-refractivity contribution < 1.29 is 0 Å². The summed E-state index contributed by atoms with van der Waals surface area (Å²) in [5, 5.41) is 7.53. The molecule has 9 aromatic rings. The van der Waals surface area contributed by atoms with Crippen LogP contribution in [0.15, 0.2) is 182 Å². The quantitative estimate of drug-likeness (QED) is 0.195. The second-order valence-electron chi connectivity index (χ2n) is 11.8. The van der Waals surface area contributed by atoms with E-state index < -0.39 is 0 Å². The summed E-state index contributed by atoms with van der Waals surface area (Å²) >= 11 is 0. The largest absolute Gasteiger partial charge is 0.310 e. The lowest BCUT2D eigenvalue weighted by atomic mass is 10.0. The molecule has 0 aliphatic rings. The Labute approximate surface area is 268 Å². The van der Waals surface area contributed by atoms with Gasteiger partial charge in [-0.2, -0.15) is 0 Å². The Kier molecular flexibility index (Phi) is 6.17. The molecule has 0 saturated carbocycles. The number of para-hydroxylation sites is 2. The number of rotatable bonds is 5. The summed E-state index contributed by atoms with van der Waals surface area (Å²) in [6.45, 7) is 0. The maximum absolute atomic E-state index is 2.39. The van der Waals surface area contributed by atoms with Crippen molar-refractivity contribution >= 4 is 60.4 Å². The normalized spacial score (nSPS) is 11.5. The standard InChI is InChI=1S/C44H30N2/c1-2-15-36(16-3-1)45(42-20-10-14-33-11-6-7-17-39(33)42)37-25-21-31(22-26-37)32-23-27-38(28-24-32)46-43-19-9-8-18-40(43)41-29-34-12-4-5-13-35(34)30-44(41)46/h1-30H. The monoisotopic (exact) mass is 586 g/mol. The number of hydrogen-bond acceptors (Lipinski definition) is 1. The Morgan fingerprint density at radius 1 is 0.348 bits per heavy atom. The second-order valence-corrected chi connectivity index (χ2v) is 11.8. The van der Waals surface area contributed by atoms with Crippen LogP contribution in [0.5, 0.6) is 0 Å². The van der Waals surface area contributed by atoms with Gasteiger partial charge in [0.25, 0.3) is 0 Å². The molecule has 0 aliphatic carbocycles. The van der Waals surface area contributed by atoms with Crippen molar-refractivity contribution in [3.8, 4) is 16.8 Å². The smallest absolute Gasteiger partial charge is 0.0547 e. The van der Waals surface area contributed by atoms with Crippen molar-refractivity contribution in [3.05, 3.63) is 182 Å². The molecule has 216 valence electrons. The van der Waals surface area contributed by atoms with Gasteiger partial charge in [-0.15, -0.1) is 0 Å². The van der Waals surface area contributed by atoms with Crippen molar-refractivity contribution in [3.63, 3.8) is 0 Å². The molecule has 0 fully saturated rings. The Hall–Kier alpha value is -6.12. The second kappa shape index (κ2) is 10.8. The van der Waals surface area contributed by atoms with Gasteiger partial charge in [0, 0.05) is 33.2 Å². The topological polar surface area (TPSA) is 8.17 Å². The summed E-state index contributed by atoms with van der Waals surface area (Å²) < 4.78 is 2.39. The minimum absolute atomic E-state index is 1.13. The molecule has 1 aromatic heterocycles. The molecule has 0 saturated heterocycles. The van der Waals surface area contributed by atoms with Crippen molar-refractivity contribution in [2.45, 2.75) is 0 Å². The van der Waals surface area contributed by atoms with E-state index in [-0.39, 0.29) is 0 Å². The average molecular weight is 587 g/mol. The maximum Gasteiger partial charge on any atom is 0.0547 e. The molecular formula is C44H30N2. The third kappa shape index (κ3) is 4.35. The molecule has 0 amide bonds. The van der Waals surface area contributed by atoms with Gasteiger partial charge in [0.1, 0.15) is 0 Å². The van der Waals surface area contributed by atoms with E-state index in [0.29, 0.717) is 0 Å².